The van der Waals surface area contributed by atoms with Gasteiger partial charge in [-0.05, 0) is 31.5 Å². The fourth-order valence-electron chi connectivity index (χ4n) is 2.30. The second-order valence-corrected chi connectivity index (χ2v) is 5.25. The number of hydrogen-bond acceptors (Lipinski definition) is 4. The highest BCUT2D eigenvalue weighted by Gasteiger charge is 2.06. The van der Waals surface area contributed by atoms with Gasteiger partial charge in [-0.15, -0.1) is 0 Å². The first-order valence-corrected chi connectivity index (χ1v) is 7.16. The summed E-state index contributed by atoms with van der Waals surface area (Å²) in [6.45, 7) is 3.93. The van der Waals surface area contributed by atoms with E-state index in [0.717, 1.165) is 39.8 Å². The van der Waals surface area contributed by atoms with Gasteiger partial charge in [0, 0.05) is 23.0 Å². The van der Waals surface area contributed by atoms with E-state index < -0.39 is 0 Å². The maximum absolute atomic E-state index is 5.86. The number of benzene rings is 2. The Labute approximate surface area is 130 Å². The molecule has 0 bridgehead atoms. The van der Waals surface area contributed by atoms with E-state index in [9.17, 15) is 0 Å². The topological polar surface area (TPSA) is 63.8 Å². The molecule has 0 saturated heterocycles. The first kappa shape index (κ1) is 14.1. The van der Waals surface area contributed by atoms with Crippen molar-refractivity contribution in [2.75, 3.05) is 11.1 Å². The van der Waals surface area contributed by atoms with Gasteiger partial charge in [0.25, 0.3) is 0 Å². The van der Waals surface area contributed by atoms with E-state index in [1.54, 1.807) is 0 Å². The summed E-state index contributed by atoms with van der Waals surface area (Å²) in [5, 5.41) is 3.33. The summed E-state index contributed by atoms with van der Waals surface area (Å²) in [7, 11) is 0. The second-order valence-electron chi connectivity index (χ2n) is 5.25. The first-order chi connectivity index (χ1) is 10.6. The lowest BCUT2D eigenvalue weighted by molar-refractivity contribution is 1.06. The lowest BCUT2D eigenvalue weighted by Gasteiger charge is -2.11. The number of anilines is 3. The summed E-state index contributed by atoms with van der Waals surface area (Å²) >= 11 is 0. The number of aromatic nitrogens is 2. The average Bonchev–Trinajstić information content (AvgIpc) is 2.51. The van der Waals surface area contributed by atoms with E-state index in [2.05, 4.69) is 15.3 Å². The van der Waals surface area contributed by atoms with Crippen LogP contribution in [0.15, 0.2) is 54.6 Å². The third kappa shape index (κ3) is 3.06. The van der Waals surface area contributed by atoms with Crippen LogP contribution in [0.1, 0.15) is 11.4 Å². The number of nitrogens with two attached hydrogens (primary N) is 1. The molecule has 0 aliphatic rings. The Morgan fingerprint density at radius 3 is 2.45 bits per heavy atom. The Bertz CT molecular complexity index is 797. The van der Waals surface area contributed by atoms with Crippen molar-refractivity contribution in [2.45, 2.75) is 13.8 Å². The van der Waals surface area contributed by atoms with Gasteiger partial charge in [0.15, 0.2) is 0 Å². The highest BCUT2D eigenvalue weighted by atomic mass is 15.0. The maximum Gasteiger partial charge on any atom is 0.134 e. The Balaban J connectivity index is 1.98. The van der Waals surface area contributed by atoms with Gasteiger partial charge in [-0.3, -0.25) is 0 Å². The van der Waals surface area contributed by atoms with E-state index >= 15 is 0 Å². The van der Waals surface area contributed by atoms with Gasteiger partial charge in [0.1, 0.15) is 11.6 Å². The van der Waals surface area contributed by atoms with E-state index in [-0.39, 0.29) is 0 Å². The maximum atomic E-state index is 5.86. The largest absolute Gasteiger partial charge is 0.399 e. The molecule has 1 aromatic heterocycles. The average molecular weight is 290 g/mol. The summed E-state index contributed by atoms with van der Waals surface area (Å²) in [6.07, 6.45) is 0. The second kappa shape index (κ2) is 5.85. The van der Waals surface area contributed by atoms with Crippen LogP contribution in [0.3, 0.4) is 0 Å². The van der Waals surface area contributed by atoms with Gasteiger partial charge in [0.05, 0.1) is 5.69 Å². The molecule has 0 aliphatic heterocycles. The zero-order chi connectivity index (χ0) is 15.5. The summed E-state index contributed by atoms with van der Waals surface area (Å²) in [6, 6.07) is 17.8. The molecule has 0 atom stereocenters. The molecular weight excluding hydrogens is 272 g/mol. The van der Waals surface area contributed by atoms with Crippen molar-refractivity contribution in [1.82, 2.24) is 9.97 Å². The van der Waals surface area contributed by atoms with Crippen molar-refractivity contribution in [1.29, 1.82) is 0 Å². The molecule has 0 saturated carbocycles. The van der Waals surface area contributed by atoms with Crippen LogP contribution in [-0.2, 0) is 0 Å². The number of nitrogens with zero attached hydrogens (tertiary/aromatic N) is 2. The third-order valence-electron chi connectivity index (χ3n) is 3.43. The molecule has 0 spiro atoms. The van der Waals surface area contributed by atoms with E-state index in [4.69, 9.17) is 5.73 Å². The van der Waals surface area contributed by atoms with Gasteiger partial charge >= 0.3 is 0 Å². The number of hydrogen-bond donors (Lipinski definition) is 2. The summed E-state index contributed by atoms with van der Waals surface area (Å²) in [5.74, 6) is 1.49. The molecule has 0 unspecified atom stereocenters. The van der Waals surface area contributed by atoms with Crippen molar-refractivity contribution in [3.05, 3.63) is 66.0 Å². The van der Waals surface area contributed by atoms with E-state index in [1.165, 1.54) is 0 Å². The molecule has 1 heterocycles. The molecule has 0 fully saturated rings. The van der Waals surface area contributed by atoms with Crippen LogP contribution in [0.4, 0.5) is 17.2 Å². The van der Waals surface area contributed by atoms with Gasteiger partial charge < -0.3 is 11.1 Å². The minimum Gasteiger partial charge on any atom is -0.399 e. The standard InChI is InChI=1S/C18H18N4/c1-12-8-9-15(19)10-16(12)22-18-11-17(20-13(2)21-18)14-6-4-3-5-7-14/h3-11H,19H2,1-2H3,(H,20,21,22). The quantitative estimate of drug-likeness (QED) is 0.713. The van der Waals surface area contributed by atoms with Gasteiger partial charge in [-0.25, -0.2) is 9.97 Å². The van der Waals surface area contributed by atoms with Crippen molar-refractivity contribution in [3.8, 4) is 11.3 Å². The number of nitrogens with one attached hydrogen (secondary N) is 1. The smallest absolute Gasteiger partial charge is 0.134 e. The molecule has 0 aliphatic carbocycles. The van der Waals surface area contributed by atoms with Crippen LogP contribution >= 0.6 is 0 Å². The molecule has 110 valence electrons. The lowest BCUT2D eigenvalue weighted by Crippen LogP contribution is -2.00. The Morgan fingerprint density at radius 1 is 0.909 bits per heavy atom. The van der Waals surface area contributed by atoms with Crippen LogP contribution in [0, 0.1) is 13.8 Å². The van der Waals surface area contributed by atoms with Crippen molar-refractivity contribution in [2.24, 2.45) is 0 Å². The Morgan fingerprint density at radius 2 is 1.68 bits per heavy atom. The van der Waals surface area contributed by atoms with Crippen molar-refractivity contribution >= 4 is 17.2 Å². The molecule has 22 heavy (non-hydrogen) atoms. The molecule has 3 N–H and O–H groups in total. The molecule has 4 nitrogen and oxygen atoms in total. The Hall–Kier alpha value is -2.88. The fraction of sp³-hybridized carbons (Fsp3) is 0.111. The normalized spacial score (nSPS) is 10.5. The number of rotatable bonds is 3. The SMILES string of the molecule is Cc1nc(Nc2cc(N)ccc2C)cc(-c2ccccc2)n1. The molecule has 2 aromatic carbocycles. The minimum absolute atomic E-state index is 0.724. The molecule has 4 heteroatoms. The molecular formula is C18H18N4. The Kier molecular flexibility index (Phi) is 3.74. The molecule has 0 radical (unpaired) electrons. The summed E-state index contributed by atoms with van der Waals surface area (Å²) in [5.41, 5.74) is 10.6. The monoisotopic (exact) mass is 290 g/mol. The van der Waals surface area contributed by atoms with Crippen molar-refractivity contribution < 1.29 is 0 Å². The summed E-state index contributed by atoms with van der Waals surface area (Å²) in [4.78, 5) is 8.97. The van der Waals surface area contributed by atoms with Crippen LogP contribution in [0.2, 0.25) is 0 Å². The predicted molar refractivity (Wildman–Crippen MR) is 91.1 cm³/mol. The molecule has 0 amide bonds. The number of aryl methyl sites for hydroxylation is 2. The predicted octanol–water partition coefficient (Wildman–Crippen LogP) is 4.09. The summed E-state index contributed by atoms with van der Waals surface area (Å²) < 4.78 is 0. The van der Waals surface area contributed by atoms with E-state index in [1.807, 2.05) is 68.4 Å². The zero-order valence-electron chi connectivity index (χ0n) is 12.7. The fourth-order valence-corrected chi connectivity index (χ4v) is 2.30. The van der Waals surface area contributed by atoms with Gasteiger partial charge in [-0.1, -0.05) is 36.4 Å². The lowest BCUT2D eigenvalue weighted by atomic mass is 10.1. The zero-order valence-corrected chi connectivity index (χ0v) is 12.7. The molecule has 3 aromatic rings. The van der Waals surface area contributed by atoms with E-state index in [0.29, 0.717) is 0 Å². The highest BCUT2D eigenvalue weighted by molar-refractivity contribution is 5.69. The van der Waals surface area contributed by atoms with Gasteiger partial charge in [-0.2, -0.15) is 0 Å². The highest BCUT2D eigenvalue weighted by Crippen LogP contribution is 2.25. The third-order valence-corrected chi connectivity index (χ3v) is 3.43. The van der Waals surface area contributed by atoms with Crippen LogP contribution in [-0.4, -0.2) is 9.97 Å². The molecule has 3 rings (SSSR count). The number of nitrogen functional groups attached to an aromatic ring is 1. The van der Waals surface area contributed by atoms with Gasteiger partial charge in [0.2, 0.25) is 0 Å². The van der Waals surface area contributed by atoms with Crippen LogP contribution in [0.25, 0.3) is 11.3 Å². The minimum atomic E-state index is 0.724. The van der Waals surface area contributed by atoms with Crippen LogP contribution < -0.4 is 11.1 Å². The van der Waals surface area contributed by atoms with Crippen molar-refractivity contribution in [3.63, 3.8) is 0 Å². The first-order valence-electron chi connectivity index (χ1n) is 7.16. The van der Waals surface area contributed by atoms with Crippen LogP contribution in [0.5, 0.6) is 0 Å².